The second-order valence-corrected chi connectivity index (χ2v) is 8.44. The molecule has 0 bridgehead atoms. The van der Waals surface area contributed by atoms with Gasteiger partial charge in [0.25, 0.3) is 0 Å². The molecule has 164 valence electrons. The van der Waals surface area contributed by atoms with Gasteiger partial charge in [0.1, 0.15) is 17.1 Å². The van der Waals surface area contributed by atoms with Gasteiger partial charge in [-0.3, -0.25) is 4.79 Å². The largest absolute Gasteiger partial charge is 0.476 e. The minimum atomic E-state index is 0.274. The number of imidazole rings is 1. The minimum Gasteiger partial charge on any atom is -0.476 e. The fourth-order valence-electron chi connectivity index (χ4n) is 4.59. The fourth-order valence-corrected chi connectivity index (χ4v) is 4.59. The van der Waals surface area contributed by atoms with E-state index < -0.39 is 0 Å². The van der Waals surface area contributed by atoms with Crippen molar-refractivity contribution in [3.8, 4) is 17.3 Å². The minimum absolute atomic E-state index is 0.274. The molecule has 0 N–H and O–H groups in total. The molecule has 8 nitrogen and oxygen atoms in total. The number of ether oxygens (including phenoxy) is 2. The molecule has 1 atom stereocenters. The highest BCUT2D eigenvalue weighted by Crippen LogP contribution is 2.34. The number of morpholine rings is 1. The number of benzene rings is 1. The van der Waals surface area contributed by atoms with Crippen molar-refractivity contribution in [1.29, 1.82) is 0 Å². The van der Waals surface area contributed by atoms with E-state index in [-0.39, 0.29) is 5.92 Å². The van der Waals surface area contributed by atoms with Gasteiger partial charge in [-0.15, -0.1) is 5.10 Å². The van der Waals surface area contributed by atoms with E-state index in [2.05, 4.69) is 27.1 Å². The number of nitrogens with zero attached hydrogens (tertiary/aromatic N) is 4. The number of rotatable bonds is 5. The molecule has 6 rings (SSSR count). The van der Waals surface area contributed by atoms with Gasteiger partial charge < -0.3 is 18.8 Å². The van der Waals surface area contributed by atoms with Crippen molar-refractivity contribution in [2.45, 2.75) is 19.3 Å². The highest BCUT2D eigenvalue weighted by Gasteiger charge is 2.23. The summed E-state index contributed by atoms with van der Waals surface area (Å²) >= 11 is 0. The molecule has 2 fully saturated rings. The predicted octanol–water partition coefficient (Wildman–Crippen LogP) is 3.73. The molecule has 8 heteroatoms. The van der Waals surface area contributed by atoms with Crippen LogP contribution in [-0.4, -0.2) is 53.3 Å². The van der Waals surface area contributed by atoms with Crippen LogP contribution in [0.4, 0.5) is 5.69 Å². The molecule has 1 aliphatic heterocycles. The zero-order valence-corrected chi connectivity index (χ0v) is 17.7. The maximum Gasteiger partial charge on any atom is 0.231 e. The molecule has 3 aromatic heterocycles. The average Bonchev–Trinajstić information content (AvgIpc) is 3.55. The molecule has 4 heterocycles. The van der Waals surface area contributed by atoms with Crippen molar-refractivity contribution >= 4 is 28.1 Å². The maximum atomic E-state index is 11.5. The monoisotopic (exact) mass is 432 g/mol. The van der Waals surface area contributed by atoms with Crippen LogP contribution in [0.5, 0.6) is 5.88 Å². The van der Waals surface area contributed by atoms with Crippen molar-refractivity contribution in [1.82, 2.24) is 14.6 Å². The van der Waals surface area contributed by atoms with Crippen LogP contribution in [0.2, 0.25) is 0 Å². The van der Waals surface area contributed by atoms with E-state index in [0.717, 1.165) is 60.7 Å². The molecule has 0 spiro atoms. The Labute approximate surface area is 184 Å². The Bertz CT molecular complexity index is 1290. The van der Waals surface area contributed by atoms with E-state index in [0.29, 0.717) is 36.9 Å². The lowest BCUT2D eigenvalue weighted by atomic mass is 10.1. The van der Waals surface area contributed by atoms with Crippen molar-refractivity contribution in [2.75, 3.05) is 37.8 Å². The van der Waals surface area contributed by atoms with Crippen molar-refractivity contribution in [3.63, 3.8) is 0 Å². The van der Waals surface area contributed by atoms with Crippen LogP contribution in [0.3, 0.4) is 0 Å². The summed E-state index contributed by atoms with van der Waals surface area (Å²) in [7, 11) is 0. The van der Waals surface area contributed by atoms with Crippen LogP contribution in [-0.2, 0) is 9.53 Å². The van der Waals surface area contributed by atoms with Gasteiger partial charge in [0.05, 0.1) is 26.0 Å². The highest BCUT2D eigenvalue weighted by molar-refractivity contribution is 5.94. The number of furan rings is 1. The SMILES string of the molecule is O=C1CC[C@H](COc2ccc3ncc(-c4cc5c(N6CCOCC6)cccc5o4)n3n2)C1. The van der Waals surface area contributed by atoms with Crippen molar-refractivity contribution < 1.29 is 18.7 Å². The molecule has 2 aliphatic rings. The summed E-state index contributed by atoms with van der Waals surface area (Å²) in [4.78, 5) is 18.3. The maximum absolute atomic E-state index is 11.5. The van der Waals surface area contributed by atoms with Gasteiger partial charge in [0.2, 0.25) is 5.88 Å². The van der Waals surface area contributed by atoms with Gasteiger partial charge >= 0.3 is 0 Å². The zero-order chi connectivity index (χ0) is 21.5. The molecular weight excluding hydrogens is 408 g/mol. The lowest BCUT2D eigenvalue weighted by Crippen LogP contribution is -2.36. The second kappa shape index (κ2) is 7.94. The molecular formula is C24H24N4O4. The number of anilines is 1. The first-order chi connectivity index (χ1) is 15.7. The summed E-state index contributed by atoms with van der Waals surface area (Å²) in [5.41, 5.74) is 3.47. The quantitative estimate of drug-likeness (QED) is 0.475. The molecule has 0 unspecified atom stereocenters. The Morgan fingerprint density at radius 3 is 2.91 bits per heavy atom. The lowest BCUT2D eigenvalue weighted by Gasteiger charge is -2.29. The first-order valence-corrected chi connectivity index (χ1v) is 11.1. The molecule has 1 aromatic carbocycles. The number of fused-ring (bicyclic) bond motifs is 2. The van der Waals surface area contributed by atoms with E-state index in [1.165, 1.54) is 0 Å². The number of carbonyl (C=O) groups is 1. The third kappa shape index (κ3) is 3.50. The molecule has 1 saturated carbocycles. The average molecular weight is 432 g/mol. The van der Waals surface area contributed by atoms with Crippen LogP contribution in [0.15, 0.2) is 47.0 Å². The topological polar surface area (TPSA) is 82.1 Å². The Kier molecular flexibility index (Phi) is 4.79. The van der Waals surface area contributed by atoms with Crippen LogP contribution in [0.25, 0.3) is 28.1 Å². The number of hydrogen-bond donors (Lipinski definition) is 0. The van der Waals surface area contributed by atoms with Crippen LogP contribution >= 0.6 is 0 Å². The number of ketones is 1. The number of Topliss-reactive ketones (excluding diaryl/α,β-unsaturated/α-hetero) is 1. The van der Waals surface area contributed by atoms with Gasteiger partial charge in [0, 0.05) is 49.0 Å². The molecule has 0 radical (unpaired) electrons. The second-order valence-electron chi connectivity index (χ2n) is 8.44. The van der Waals surface area contributed by atoms with Gasteiger partial charge in [0.15, 0.2) is 11.4 Å². The Balaban J connectivity index is 1.32. The van der Waals surface area contributed by atoms with E-state index in [1.807, 2.05) is 24.3 Å². The van der Waals surface area contributed by atoms with Crippen LogP contribution in [0.1, 0.15) is 19.3 Å². The first kappa shape index (κ1) is 19.3. The summed E-state index contributed by atoms with van der Waals surface area (Å²) in [6.07, 6.45) is 3.92. The standard InChI is InChI=1S/C24H24N4O4/c29-17-5-4-16(12-17)15-31-24-7-6-23-25-14-20(28(23)26-24)22-13-18-19(2-1-3-21(18)32-22)27-8-10-30-11-9-27/h1-3,6-7,13-14,16H,4-5,8-12,15H2/t16-/m0/s1. The lowest BCUT2D eigenvalue weighted by molar-refractivity contribution is -0.117. The summed E-state index contributed by atoms with van der Waals surface area (Å²) in [6.45, 7) is 3.70. The third-order valence-corrected chi connectivity index (χ3v) is 6.30. The van der Waals surface area contributed by atoms with Crippen molar-refractivity contribution in [2.24, 2.45) is 5.92 Å². The normalized spacial score (nSPS) is 19.3. The predicted molar refractivity (Wildman–Crippen MR) is 119 cm³/mol. The Hall–Kier alpha value is -3.39. The van der Waals surface area contributed by atoms with Crippen LogP contribution < -0.4 is 9.64 Å². The van der Waals surface area contributed by atoms with E-state index >= 15 is 0 Å². The van der Waals surface area contributed by atoms with Gasteiger partial charge in [-0.1, -0.05) is 6.07 Å². The van der Waals surface area contributed by atoms with E-state index in [1.54, 1.807) is 10.7 Å². The zero-order valence-electron chi connectivity index (χ0n) is 17.7. The summed E-state index contributed by atoms with van der Waals surface area (Å²) < 4.78 is 19.4. The number of hydrogen-bond acceptors (Lipinski definition) is 7. The molecule has 1 aliphatic carbocycles. The van der Waals surface area contributed by atoms with E-state index in [9.17, 15) is 4.79 Å². The summed E-state index contributed by atoms with van der Waals surface area (Å²) in [6, 6.07) is 11.9. The van der Waals surface area contributed by atoms with Crippen LogP contribution in [0, 0.1) is 5.92 Å². The number of aromatic nitrogens is 3. The van der Waals surface area contributed by atoms with E-state index in [4.69, 9.17) is 13.9 Å². The molecule has 4 aromatic rings. The Morgan fingerprint density at radius 1 is 1.16 bits per heavy atom. The third-order valence-electron chi connectivity index (χ3n) is 6.30. The smallest absolute Gasteiger partial charge is 0.231 e. The number of carbonyl (C=O) groups excluding carboxylic acids is 1. The Morgan fingerprint density at radius 2 is 2.06 bits per heavy atom. The first-order valence-electron chi connectivity index (χ1n) is 11.1. The molecule has 1 saturated heterocycles. The molecule has 0 amide bonds. The van der Waals surface area contributed by atoms with Gasteiger partial charge in [-0.2, -0.15) is 0 Å². The summed E-state index contributed by atoms with van der Waals surface area (Å²) in [5.74, 6) is 1.82. The van der Waals surface area contributed by atoms with Crippen molar-refractivity contribution in [3.05, 3.63) is 42.6 Å². The highest BCUT2D eigenvalue weighted by atomic mass is 16.5. The fraction of sp³-hybridized carbons (Fsp3) is 0.375. The van der Waals surface area contributed by atoms with Gasteiger partial charge in [-0.05, 0) is 30.7 Å². The summed E-state index contributed by atoms with van der Waals surface area (Å²) in [5, 5.41) is 5.70. The molecule has 32 heavy (non-hydrogen) atoms. The van der Waals surface area contributed by atoms with Gasteiger partial charge in [-0.25, -0.2) is 9.50 Å².